The van der Waals surface area contributed by atoms with E-state index >= 15 is 0 Å². The van der Waals surface area contributed by atoms with Crippen molar-refractivity contribution in [3.8, 4) is 0 Å². The zero-order chi connectivity index (χ0) is 15.5. The zero-order valence-electron chi connectivity index (χ0n) is 11.5. The van der Waals surface area contributed by atoms with E-state index in [0.29, 0.717) is 10.3 Å². The molecule has 0 aliphatic carbocycles. The predicted molar refractivity (Wildman–Crippen MR) is 92.2 cm³/mol. The lowest BCUT2D eigenvalue weighted by Crippen LogP contribution is -2.28. The second kappa shape index (κ2) is 7.34. The van der Waals surface area contributed by atoms with Crippen molar-refractivity contribution in [2.45, 2.75) is 37.2 Å². The Hall–Kier alpha value is -0.250. The molecule has 116 valence electrons. The highest BCUT2D eigenvalue weighted by atomic mass is 79.9. The Bertz CT molecular complexity index is 680. The summed E-state index contributed by atoms with van der Waals surface area (Å²) in [5.74, 6) is 0. The number of nitrogens with one attached hydrogen (secondary N) is 1. The van der Waals surface area contributed by atoms with E-state index in [2.05, 4.69) is 20.7 Å². The largest absolute Gasteiger partial charge is 0.326 e. The van der Waals surface area contributed by atoms with Crippen molar-refractivity contribution in [3.05, 3.63) is 37.1 Å². The standard InChI is InChI=1S/C13H17BrN2O2S3/c1-2-4-10(11-5-3-6-19-11)16-21(17,18)12-7-9(8-15)20-13(12)14/h3,5-7,10,16H,2,4,8,15H2,1H3. The molecule has 2 aromatic rings. The van der Waals surface area contributed by atoms with E-state index in [-0.39, 0.29) is 10.9 Å². The Morgan fingerprint density at radius 3 is 2.76 bits per heavy atom. The van der Waals surface area contributed by atoms with Crippen LogP contribution in [0.15, 0.2) is 32.3 Å². The fourth-order valence-electron chi connectivity index (χ4n) is 1.97. The first kappa shape index (κ1) is 17.1. The second-order valence-corrected chi connectivity index (χ2v) is 9.65. The van der Waals surface area contributed by atoms with Crippen molar-refractivity contribution in [2.24, 2.45) is 5.73 Å². The van der Waals surface area contributed by atoms with Crippen LogP contribution in [0.1, 0.15) is 35.6 Å². The third-order valence-corrected chi connectivity index (χ3v) is 7.69. The van der Waals surface area contributed by atoms with Crippen LogP contribution in [-0.4, -0.2) is 8.42 Å². The van der Waals surface area contributed by atoms with E-state index in [1.807, 2.05) is 24.4 Å². The summed E-state index contributed by atoms with van der Waals surface area (Å²) in [6.45, 7) is 2.38. The van der Waals surface area contributed by atoms with Gasteiger partial charge >= 0.3 is 0 Å². The van der Waals surface area contributed by atoms with Gasteiger partial charge in [0.25, 0.3) is 0 Å². The van der Waals surface area contributed by atoms with Crippen molar-refractivity contribution in [1.82, 2.24) is 4.72 Å². The minimum atomic E-state index is -3.56. The lowest BCUT2D eigenvalue weighted by Gasteiger charge is -2.16. The summed E-state index contributed by atoms with van der Waals surface area (Å²) in [7, 11) is -3.56. The summed E-state index contributed by atoms with van der Waals surface area (Å²) in [4.78, 5) is 2.14. The van der Waals surface area contributed by atoms with Crippen LogP contribution in [0, 0.1) is 0 Å². The maximum absolute atomic E-state index is 12.6. The van der Waals surface area contributed by atoms with Crippen LogP contribution in [0.4, 0.5) is 0 Å². The summed E-state index contributed by atoms with van der Waals surface area (Å²) < 4.78 is 28.6. The molecule has 1 unspecified atom stereocenters. The Kier molecular flexibility index (Phi) is 5.98. The lowest BCUT2D eigenvalue weighted by molar-refractivity contribution is 0.540. The highest BCUT2D eigenvalue weighted by molar-refractivity contribution is 9.11. The molecule has 1 atom stereocenters. The molecule has 0 aromatic carbocycles. The van der Waals surface area contributed by atoms with Crippen molar-refractivity contribution >= 4 is 48.6 Å². The molecule has 0 saturated carbocycles. The van der Waals surface area contributed by atoms with Gasteiger partial charge in [0.15, 0.2) is 0 Å². The Balaban J connectivity index is 2.28. The zero-order valence-corrected chi connectivity index (χ0v) is 15.5. The Labute approximate surface area is 141 Å². The third-order valence-electron chi connectivity index (χ3n) is 2.96. The van der Waals surface area contributed by atoms with Crippen LogP contribution in [0.5, 0.6) is 0 Å². The maximum atomic E-state index is 12.6. The molecule has 3 N–H and O–H groups in total. The molecule has 0 bridgehead atoms. The first-order chi connectivity index (χ1) is 9.97. The van der Waals surface area contributed by atoms with Crippen LogP contribution in [-0.2, 0) is 16.6 Å². The van der Waals surface area contributed by atoms with E-state index in [9.17, 15) is 8.42 Å². The molecule has 0 fully saturated rings. The summed E-state index contributed by atoms with van der Waals surface area (Å²) in [6, 6.07) is 5.34. The molecular weight excluding hydrogens is 392 g/mol. The van der Waals surface area contributed by atoms with Gasteiger partial charge in [-0.05, 0) is 39.9 Å². The topological polar surface area (TPSA) is 72.2 Å². The normalized spacial score (nSPS) is 13.5. The molecule has 4 nitrogen and oxygen atoms in total. The van der Waals surface area contributed by atoms with Gasteiger partial charge in [-0.3, -0.25) is 0 Å². The van der Waals surface area contributed by atoms with Gasteiger partial charge in [0.1, 0.15) is 4.90 Å². The summed E-state index contributed by atoms with van der Waals surface area (Å²) in [5, 5.41) is 1.96. The highest BCUT2D eigenvalue weighted by Gasteiger charge is 2.25. The quantitative estimate of drug-likeness (QED) is 0.730. The van der Waals surface area contributed by atoms with Crippen LogP contribution < -0.4 is 10.5 Å². The van der Waals surface area contributed by atoms with Gasteiger partial charge < -0.3 is 5.73 Å². The molecule has 2 heterocycles. The highest BCUT2D eigenvalue weighted by Crippen LogP contribution is 2.33. The second-order valence-electron chi connectivity index (χ2n) is 4.53. The minimum absolute atomic E-state index is 0.187. The first-order valence-electron chi connectivity index (χ1n) is 6.52. The maximum Gasteiger partial charge on any atom is 0.243 e. The SMILES string of the molecule is CCCC(NS(=O)(=O)c1cc(CN)sc1Br)c1cccs1. The molecule has 0 radical (unpaired) electrons. The molecule has 2 rings (SSSR count). The molecule has 8 heteroatoms. The van der Waals surface area contributed by atoms with Crippen LogP contribution in [0.2, 0.25) is 0 Å². The van der Waals surface area contributed by atoms with E-state index in [4.69, 9.17) is 5.73 Å². The molecule has 21 heavy (non-hydrogen) atoms. The fraction of sp³-hybridized carbons (Fsp3) is 0.385. The van der Waals surface area contributed by atoms with Gasteiger partial charge in [-0.2, -0.15) is 0 Å². The molecule has 2 aromatic heterocycles. The van der Waals surface area contributed by atoms with Gasteiger partial charge in [-0.15, -0.1) is 22.7 Å². The van der Waals surface area contributed by atoms with Gasteiger partial charge in [0.05, 0.1) is 9.83 Å². The minimum Gasteiger partial charge on any atom is -0.326 e. The average Bonchev–Trinajstić information content (AvgIpc) is 3.07. The van der Waals surface area contributed by atoms with E-state index in [1.165, 1.54) is 11.3 Å². The molecule has 0 aliphatic heterocycles. The Morgan fingerprint density at radius 2 is 2.24 bits per heavy atom. The van der Waals surface area contributed by atoms with Crippen LogP contribution in [0.25, 0.3) is 0 Å². The van der Waals surface area contributed by atoms with Crippen molar-refractivity contribution in [3.63, 3.8) is 0 Å². The van der Waals surface area contributed by atoms with Gasteiger partial charge in [-0.25, -0.2) is 13.1 Å². The van der Waals surface area contributed by atoms with Crippen LogP contribution in [0.3, 0.4) is 0 Å². The number of hydrogen-bond acceptors (Lipinski definition) is 5. The van der Waals surface area contributed by atoms with Gasteiger partial charge in [0, 0.05) is 16.3 Å². The summed E-state index contributed by atoms with van der Waals surface area (Å²) >= 11 is 6.24. The number of thiophene rings is 2. The number of hydrogen-bond donors (Lipinski definition) is 2. The van der Waals surface area contributed by atoms with Gasteiger partial charge in [-0.1, -0.05) is 19.4 Å². The number of rotatable bonds is 7. The summed E-state index contributed by atoms with van der Waals surface area (Å²) in [6.07, 6.45) is 1.68. The molecule has 0 spiro atoms. The monoisotopic (exact) mass is 408 g/mol. The summed E-state index contributed by atoms with van der Waals surface area (Å²) in [5.41, 5.74) is 5.58. The molecule has 0 amide bonds. The third kappa shape index (κ3) is 4.14. The predicted octanol–water partition coefficient (Wildman–Crippen LogP) is 3.85. The lowest BCUT2D eigenvalue weighted by atomic mass is 10.1. The first-order valence-corrected chi connectivity index (χ1v) is 10.5. The molecule has 0 aliphatic rings. The number of halogens is 1. The number of nitrogens with two attached hydrogens (primary N) is 1. The fourth-order valence-corrected chi connectivity index (χ4v) is 6.67. The van der Waals surface area contributed by atoms with E-state index in [0.717, 1.165) is 22.6 Å². The van der Waals surface area contributed by atoms with Crippen molar-refractivity contribution in [2.75, 3.05) is 0 Å². The number of sulfonamides is 1. The van der Waals surface area contributed by atoms with Gasteiger partial charge in [0.2, 0.25) is 10.0 Å². The molecular formula is C13H17BrN2O2S3. The van der Waals surface area contributed by atoms with E-state index < -0.39 is 10.0 Å². The van der Waals surface area contributed by atoms with Crippen molar-refractivity contribution < 1.29 is 8.42 Å². The average molecular weight is 409 g/mol. The van der Waals surface area contributed by atoms with Crippen molar-refractivity contribution in [1.29, 1.82) is 0 Å². The van der Waals surface area contributed by atoms with Crippen LogP contribution >= 0.6 is 38.6 Å². The van der Waals surface area contributed by atoms with E-state index in [1.54, 1.807) is 17.4 Å². The Morgan fingerprint density at radius 1 is 1.48 bits per heavy atom. The smallest absolute Gasteiger partial charge is 0.243 e. The molecule has 0 saturated heterocycles.